The average Bonchev–Trinajstić information content (AvgIpc) is 2.38. The summed E-state index contributed by atoms with van der Waals surface area (Å²) < 4.78 is 0. The number of piperidine rings is 1. The molecule has 2 atom stereocenters. The number of benzene rings is 1. The van der Waals surface area contributed by atoms with Gasteiger partial charge in [-0.15, -0.1) is 0 Å². The molecule has 1 aliphatic rings. The Kier molecular flexibility index (Phi) is 4.20. The first kappa shape index (κ1) is 14.0. The molecule has 1 aromatic carbocycles. The summed E-state index contributed by atoms with van der Waals surface area (Å²) in [6.07, 6.45) is 2.16. The van der Waals surface area contributed by atoms with Crippen LogP contribution >= 0.6 is 12.2 Å². The number of hydrogen-bond acceptors (Lipinski definition) is 2. The monoisotopic (exact) mass is 276 g/mol. The first-order valence-electron chi connectivity index (χ1n) is 6.70. The van der Waals surface area contributed by atoms with Crippen molar-refractivity contribution in [2.45, 2.75) is 32.7 Å². The van der Waals surface area contributed by atoms with Gasteiger partial charge in [-0.1, -0.05) is 31.3 Å². The number of nitrogens with zero attached hydrogens (tertiary/aromatic N) is 1. The number of rotatable bonds is 2. The zero-order valence-electron chi connectivity index (χ0n) is 11.4. The molecule has 1 aliphatic heterocycles. The summed E-state index contributed by atoms with van der Waals surface area (Å²) in [5, 5.41) is 0. The lowest BCUT2D eigenvalue weighted by molar-refractivity contribution is 0.0588. The van der Waals surface area contributed by atoms with Crippen LogP contribution in [-0.2, 0) is 0 Å². The van der Waals surface area contributed by atoms with Gasteiger partial charge in [0.1, 0.15) is 4.99 Å². The molecule has 1 heterocycles. The predicted molar refractivity (Wildman–Crippen MR) is 81.2 cm³/mol. The van der Waals surface area contributed by atoms with Gasteiger partial charge in [-0.3, -0.25) is 4.79 Å². The Labute approximate surface area is 119 Å². The summed E-state index contributed by atoms with van der Waals surface area (Å²) in [4.78, 5) is 14.8. The zero-order valence-corrected chi connectivity index (χ0v) is 12.2. The van der Waals surface area contributed by atoms with E-state index in [4.69, 9.17) is 18.0 Å². The van der Waals surface area contributed by atoms with Crippen LogP contribution in [0.4, 0.5) is 0 Å². The minimum Gasteiger partial charge on any atom is -0.389 e. The van der Waals surface area contributed by atoms with E-state index < -0.39 is 0 Å². The molecule has 2 N–H and O–H groups in total. The van der Waals surface area contributed by atoms with Gasteiger partial charge in [-0.05, 0) is 37.8 Å². The number of nitrogens with two attached hydrogens (primary N) is 1. The molecule has 0 saturated carbocycles. The molecule has 19 heavy (non-hydrogen) atoms. The second-order valence-corrected chi connectivity index (χ2v) is 5.86. The molecule has 2 unspecified atom stereocenters. The summed E-state index contributed by atoms with van der Waals surface area (Å²) >= 11 is 4.91. The normalized spacial score (nSPS) is 23.2. The van der Waals surface area contributed by atoms with Crippen LogP contribution < -0.4 is 5.73 Å². The number of likely N-dealkylation sites (tertiary alicyclic amines) is 1. The number of amides is 1. The molecule has 1 aromatic rings. The molecule has 1 amide bonds. The molecular weight excluding hydrogens is 256 g/mol. The molecule has 1 saturated heterocycles. The molecule has 0 spiro atoms. The van der Waals surface area contributed by atoms with Gasteiger partial charge in [0.15, 0.2) is 0 Å². The fraction of sp³-hybridized carbons (Fsp3) is 0.467. The molecular formula is C15H20N2OS. The molecule has 3 nitrogen and oxygen atoms in total. The van der Waals surface area contributed by atoms with Crippen LogP contribution in [0.25, 0.3) is 0 Å². The van der Waals surface area contributed by atoms with Crippen LogP contribution in [0.15, 0.2) is 24.3 Å². The van der Waals surface area contributed by atoms with E-state index in [2.05, 4.69) is 13.8 Å². The van der Waals surface area contributed by atoms with Gasteiger partial charge in [0.2, 0.25) is 0 Å². The van der Waals surface area contributed by atoms with Gasteiger partial charge in [0, 0.05) is 23.7 Å². The highest BCUT2D eigenvalue weighted by Gasteiger charge is 2.27. The number of carbonyl (C=O) groups is 1. The van der Waals surface area contributed by atoms with Gasteiger partial charge in [-0.2, -0.15) is 0 Å². The first-order chi connectivity index (χ1) is 8.99. The zero-order chi connectivity index (χ0) is 14.0. The van der Waals surface area contributed by atoms with E-state index in [1.165, 1.54) is 0 Å². The molecule has 2 rings (SSSR count). The number of hydrogen-bond donors (Lipinski definition) is 1. The second-order valence-electron chi connectivity index (χ2n) is 5.42. The Balaban J connectivity index is 2.13. The lowest BCUT2D eigenvalue weighted by Gasteiger charge is -2.36. The van der Waals surface area contributed by atoms with Gasteiger partial charge in [0.25, 0.3) is 5.91 Å². The van der Waals surface area contributed by atoms with Crippen LogP contribution in [0.3, 0.4) is 0 Å². The largest absolute Gasteiger partial charge is 0.389 e. The van der Waals surface area contributed by atoms with Crippen molar-refractivity contribution in [3.8, 4) is 0 Å². The summed E-state index contributed by atoms with van der Waals surface area (Å²) in [7, 11) is 0. The Bertz CT molecular complexity index is 483. The standard InChI is InChI=1S/C15H20N2OS/c1-10-7-8-17(11(2)9-10)15(18)13-5-3-12(4-6-13)14(16)19/h3-6,10-11H,7-9H2,1-2H3,(H2,16,19). The number of carbonyl (C=O) groups excluding carboxylic acids is 1. The second kappa shape index (κ2) is 5.70. The van der Waals surface area contributed by atoms with Crippen LogP contribution in [0, 0.1) is 5.92 Å². The van der Waals surface area contributed by atoms with Crippen LogP contribution in [0.1, 0.15) is 42.6 Å². The molecule has 0 radical (unpaired) electrons. The Morgan fingerprint density at radius 3 is 2.37 bits per heavy atom. The maximum Gasteiger partial charge on any atom is 0.254 e. The summed E-state index contributed by atoms with van der Waals surface area (Å²) in [6.45, 7) is 5.21. The van der Waals surface area contributed by atoms with Gasteiger partial charge in [-0.25, -0.2) is 0 Å². The van der Waals surface area contributed by atoms with E-state index in [-0.39, 0.29) is 5.91 Å². The molecule has 0 aromatic heterocycles. The van der Waals surface area contributed by atoms with Crippen molar-refractivity contribution in [3.05, 3.63) is 35.4 Å². The average molecular weight is 276 g/mol. The lowest BCUT2D eigenvalue weighted by Crippen LogP contribution is -2.44. The highest BCUT2D eigenvalue weighted by Crippen LogP contribution is 2.23. The van der Waals surface area contributed by atoms with E-state index in [1.807, 2.05) is 29.2 Å². The van der Waals surface area contributed by atoms with E-state index >= 15 is 0 Å². The van der Waals surface area contributed by atoms with Crippen molar-refractivity contribution < 1.29 is 4.79 Å². The molecule has 102 valence electrons. The fourth-order valence-electron chi connectivity index (χ4n) is 2.65. The Morgan fingerprint density at radius 1 is 1.26 bits per heavy atom. The third-order valence-electron chi connectivity index (χ3n) is 3.82. The fourth-order valence-corrected chi connectivity index (χ4v) is 2.79. The van der Waals surface area contributed by atoms with Crippen molar-refractivity contribution in [1.29, 1.82) is 0 Å². The highest BCUT2D eigenvalue weighted by atomic mass is 32.1. The molecule has 1 fully saturated rings. The minimum absolute atomic E-state index is 0.105. The first-order valence-corrected chi connectivity index (χ1v) is 7.10. The smallest absolute Gasteiger partial charge is 0.254 e. The van der Waals surface area contributed by atoms with Gasteiger partial charge in [0.05, 0.1) is 0 Å². The minimum atomic E-state index is 0.105. The van der Waals surface area contributed by atoms with Crippen LogP contribution in [0.5, 0.6) is 0 Å². The van der Waals surface area contributed by atoms with E-state index in [1.54, 1.807) is 0 Å². The maximum atomic E-state index is 12.5. The topological polar surface area (TPSA) is 46.3 Å². The Morgan fingerprint density at radius 2 is 1.84 bits per heavy atom. The summed E-state index contributed by atoms with van der Waals surface area (Å²) in [6, 6.07) is 7.55. The molecule has 4 heteroatoms. The van der Waals surface area contributed by atoms with Crippen molar-refractivity contribution in [2.75, 3.05) is 6.54 Å². The van der Waals surface area contributed by atoms with E-state index in [0.29, 0.717) is 22.5 Å². The molecule has 0 aliphatic carbocycles. The maximum absolute atomic E-state index is 12.5. The van der Waals surface area contributed by atoms with Crippen molar-refractivity contribution in [2.24, 2.45) is 11.7 Å². The lowest BCUT2D eigenvalue weighted by atomic mass is 9.93. The summed E-state index contributed by atoms with van der Waals surface area (Å²) in [5.41, 5.74) is 7.06. The van der Waals surface area contributed by atoms with Gasteiger partial charge >= 0.3 is 0 Å². The predicted octanol–water partition coefficient (Wildman–Crippen LogP) is 2.58. The van der Waals surface area contributed by atoms with Crippen molar-refractivity contribution >= 4 is 23.1 Å². The third kappa shape index (κ3) is 3.13. The molecule has 0 bridgehead atoms. The van der Waals surface area contributed by atoms with Crippen LogP contribution in [-0.4, -0.2) is 28.4 Å². The number of thiocarbonyl (C=S) groups is 1. The van der Waals surface area contributed by atoms with E-state index in [0.717, 1.165) is 24.9 Å². The van der Waals surface area contributed by atoms with Gasteiger partial charge < -0.3 is 10.6 Å². The van der Waals surface area contributed by atoms with Crippen molar-refractivity contribution in [1.82, 2.24) is 4.90 Å². The summed E-state index contributed by atoms with van der Waals surface area (Å²) in [5.74, 6) is 0.810. The van der Waals surface area contributed by atoms with Crippen LogP contribution in [0.2, 0.25) is 0 Å². The van der Waals surface area contributed by atoms with E-state index in [9.17, 15) is 4.79 Å². The quantitative estimate of drug-likeness (QED) is 0.845. The van der Waals surface area contributed by atoms with Crippen molar-refractivity contribution in [3.63, 3.8) is 0 Å². The Hall–Kier alpha value is -1.42. The third-order valence-corrected chi connectivity index (χ3v) is 4.05. The SMILES string of the molecule is CC1CCN(C(=O)c2ccc(C(N)=S)cc2)C(C)C1. The highest BCUT2D eigenvalue weighted by molar-refractivity contribution is 7.80.